The summed E-state index contributed by atoms with van der Waals surface area (Å²) in [5.41, 5.74) is 0. The van der Waals surface area contributed by atoms with Crippen LogP contribution in [0.2, 0.25) is 0 Å². The maximum atomic E-state index is 11.2. The van der Waals surface area contributed by atoms with Crippen LogP contribution in [0.3, 0.4) is 0 Å². The highest BCUT2D eigenvalue weighted by Crippen LogP contribution is 2.07. The molecule has 84 valence electrons. The average molecular weight is 200 g/mol. The fraction of sp³-hybridized carbons (Fsp3) is 0.917. The first-order chi connectivity index (χ1) is 6.70. The lowest BCUT2D eigenvalue weighted by Gasteiger charge is -2.10. The number of carbonyl (C=O) groups is 1. The van der Waals surface area contributed by atoms with Gasteiger partial charge in [-0.2, -0.15) is 0 Å². The van der Waals surface area contributed by atoms with Crippen molar-refractivity contribution in [3.05, 3.63) is 0 Å². The summed E-state index contributed by atoms with van der Waals surface area (Å²) in [5.74, 6) is -0.0316. The number of carbonyl (C=O) groups excluding carboxylic acids is 1. The lowest BCUT2D eigenvalue weighted by molar-refractivity contribution is -0.148. The molecular formula is C12H24O2. The minimum Gasteiger partial charge on any atom is -0.463 e. The Balaban J connectivity index is 3.27. The molecule has 0 saturated heterocycles. The van der Waals surface area contributed by atoms with Gasteiger partial charge in [-0.15, -0.1) is 0 Å². The second-order valence-electron chi connectivity index (χ2n) is 3.87. The summed E-state index contributed by atoms with van der Waals surface area (Å²) in [6, 6.07) is 0. The maximum absolute atomic E-state index is 11.2. The Bertz CT molecular complexity index is 143. The molecule has 0 N–H and O–H groups in total. The number of unbranched alkanes of at least 4 members (excludes halogenated alkanes) is 4. The van der Waals surface area contributed by atoms with Crippen LogP contribution in [0.15, 0.2) is 0 Å². The molecule has 0 amide bonds. The van der Waals surface area contributed by atoms with Gasteiger partial charge in [-0.1, -0.05) is 39.5 Å². The Hall–Kier alpha value is -0.530. The molecule has 0 aliphatic carbocycles. The van der Waals surface area contributed by atoms with Crippen LogP contribution in [0.1, 0.15) is 65.7 Å². The summed E-state index contributed by atoms with van der Waals surface area (Å²) >= 11 is 0. The molecule has 0 fully saturated rings. The van der Waals surface area contributed by atoms with Crippen LogP contribution < -0.4 is 0 Å². The van der Waals surface area contributed by atoms with E-state index < -0.39 is 0 Å². The van der Waals surface area contributed by atoms with Crippen molar-refractivity contribution in [3.8, 4) is 0 Å². The zero-order valence-electron chi connectivity index (χ0n) is 9.84. The van der Waals surface area contributed by atoms with Gasteiger partial charge in [-0.3, -0.25) is 4.79 Å². The van der Waals surface area contributed by atoms with Gasteiger partial charge >= 0.3 is 5.97 Å². The van der Waals surface area contributed by atoms with Crippen LogP contribution in [-0.4, -0.2) is 12.1 Å². The highest BCUT2D eigenvalue weighted by atomic mass is 16.5. The van der Waals surface area contributed by atoms with E-state index in [2.05, 4.69) is 6.92 Å². The highest BCUT2D eigenvalue weighted by molar-refractivity contribution is 5.69. The summed E-state index contributed by atoms with van der Waals surface area (Å²) in [6.07, 6.45) is 7.48. The summed E-state index contributed by atoms with van der Waals surface area (Å²) in [7, 11) is 0. The molecule has 0 spiro atoms. The van der Waals surface area contributed by atoms with Crippen molar-refractivity contribution < 1.29 is 9.53 Å². The van der Waals surface area contributed by atoms with Gasteiger partial charge in [-0.05, 0) is 19.8 Å². The van der Waals surface area contributed by atoms with Crippen LogP contribution in [0.5, 0.6) is 0 Å². The van der Waals surface area contributed by atoms with E-state index in [-0.39, 0.29) is 12.1 Å². The zero-order chi connectivity index (χ0) is 10.8. The first-order valence-corrected chi connectivity index (χ1v) is 5.90. The Morgan fingerprint density at radius 2 is 1.79 bits per heavy atom. The second kappa shape index (κ2) is 9.04. The second-order valence-corrected chi connectivity index (χ2v) is 3.87. The molecule has 0 aromatic heterocycles. The van der Waals surface area contributed by atoms with Crippen LogP contribution in [0, 0.1) is 0 Å². The fourth-order valence-corrected chi connectivity index (χ4v) is 1.24. The number of hydrogen-bond donors (Lipinski definition) is 0. The molecule has 0 heterocycles. The Morgan fingerprint density at radius 3 is 2.36 bits per heavy atom. The first-order valence-electron chi connectivity index (χ1n) is 5.90. The fourth-order valence-electron chi connectivity index (χ4n) is 1.24. The molecule has 0 aliphatic rings. The number of rotatable bonds is 8. The van der Waals surface area contributed by atoms with E-state index in [0.29, 0.717) is 6.42 Å². The lowest BCUT2D eigenvalue weighted by Crippen LogP contribution is -2.13. The molecule has 14 heavy (non-hydrogen) atoms. The van der Waals surface area contributed by atoms with E-state index in [1.807, 2.05) is 13.8 Å². The third kappa shape index (κ3) is 8.09. The van der Waals surface area contributed by atoms with Gasteiger partial charge < -0.3 is 4.74 Å². The Kier molecular flexibility index (Phi) is 8.70. The normalized spacial score (nSPS) is 12.5. The standard InChI is InChI=1S/C12H24O2/c1-4-6-7-8-9-10-12(13)14-11(3)5-2/h11H,4-10H2,1-3H3. The molecule has 1 unspecified atom stereocenters. The van der Waals surface area contributed by atoms with E-state index in [0.717, 1.165) is 19.3 Å². The van der Waals surface area contributed by atoms with Crippen molar-refractivity contribution in [1.29, 1.82) is 0 Å². The van der Waals surface area contributed by atoms with Crippen molar-refractivity contribution in [2.75, 3.05) is 0 Å². The number of esters is 1. The van der Waals surface area contributed by atoms with E-state index in [4.69, 9.17) is 4.74 Å². The molecule has 1 atom stereocenters. The van der Waals surface area contributed by atoms with Crippen molar-refractivity contribution in [3.63, 3.8) is 0 Å². The molecule has 0 bridgehead atoms. The van der Waals surface area contributed by atoms with E-state index >= 15 is 0 Å². The van der Waals surface area contributed by atoms with Gasteiger partial charge in [0.15, 0.2) is 0 Å². The summed E-state index contributed by atoms with van der Waals surface area (Å²) in [6.45, 7) is 6.16. The molecule has 0 radical (unpaired) electrons. The predicted molar refractivity (Wildman–Crippen MR) is 59.2 cm³/mol. The molecule has 2 heteroatoms. The van der Waals surface area contributed by atoms with Gasteiger partial charge in [-0.25, -0.2) is 0 Å². The van der Waals surface area contributed by atoms with Gasteiger partial charge in [0.05, 0.1) is 6.10 Å². The van der Waals surface area contributed by atoms with Crippen molar-refractivity contribution in [1.82, 2.24) is 0 Å². The quantitative estimate of drug-likeness (QED) is 0.441. The molecule has 0 aromatic rings. The van der Waals surface area contributed by atoms with Crippen molar-refractivity contribution >= 4 is 5.97 Å². The molecule has 2 nitrogen and oxygen atoms in total. The van der Waals surface area contributed by atoms with Crippen molar-refractivity contribution in [2.45, 2.75) is 71.8 Å². The van der Waals surface area contributed by atoms with E-state index in [1.54, 1.807) is 0 Å². The monoisotopic (exact) mass is 200 g/mol. The lowest BCUT2D eigenvalue weighted by atomic mass is 10.1. The van der Waals surface area contributed by atoms with Crippen LogP contribution in [0.25, 0.3) is 0 Å². The average Bonchev–Trinajstić information content (AvgIpc) is 2.17. The van der Waals surface area contributed by atoms with Crippen molar-refractivity contribution in [2.24, 2.45) is 0 Å². The zero-order valence-corrected chi connectivity index (χ0v) is 9.84. The molecule has 0 aromatic carbocycles. The third-order valence-corrected chi connectivity index (χ3v) is 2.39. The van der Waals surface area contributed by atoms with E-state index in [9.17, 15) is 4.79 Å². The van der Waals surface area contributed by atoms with Gasteiger partial charge in [0.2, 0.25) is 0 Å². The van der Waals surface area contributed by atoms with Crippen LogP contribution >= 0.6 is 0 Å². The molecular weight excluding hydrogens is 176 g/mol. The summed E-state index contributed by atoms with van der Waals surface area (Å²) in [5, 5.41) is 0. The van der Waals surface area contributed by atoms with Crippen LogP contribution in [-0.2, 0) is 9.53 Å². The molecule has 0 aliphatic heterocycles. The highest BCUT2D eigenvalue weighted by Gasteiger charge is 2.06. The van der Waals surface area contributed by atoms with Crippen LogP contribution in [0.4, 0.5) is 0 Å². The number of hydrogen-bond acceptors (Lipinski definition) is 2. The van der Waals surface area contributed by atoms with E-state index in [1.165, 1.54) is 19.3 Å². The summed E-state index contributed by atoms with van der Waals surface area (Å²) < 4.78 is 5.17. The third-order valence-electron chi connectivity index (χ3n) is 2.39. The Morgan fingerprint density at radius 1 is 1.14 bits per heavy atom. The predicted octanol–water partition coefficient (Wildman–Crippen LogP) is 3.69. The SMILES string of the molecule is CCCCCCCC(=O)OC(C)CC. The summed E-state index contributed by atoms with van der Waals surface area (Å²) in [4.78, 5) is 11.2. The topological polar surface area (TPSA) is 26.3 Å². The minimum absolute atomic E-state index is 0.0316. The maximum Gasteiger partial charge on any atom is 0.306 e. The number of ether oxygens (including phenoxy) is 1. The van der Waals surface area contributed by atoms with Gasteiger partial charge in [0.25, 0.3) is 0 Å². The largest absolute Gasteiger partial charge is 0.463 e. The van der Waals surface area contributed by atoms with Gasteiger partial charge in [0, 0.05) is 6.42 Å². The smallest absolute Gasteiger partial charge is 0.306 e. The first kappa shape index (κ1) is 13.5. The Labute approximate surface area is 88.0 Å². The van der Waals surface area contributed by atoms with Gasteiger partial charge in [0.1, 0.15) is 0 Å². The molecule has 0 saturated carbocycles. The minimum atomic E-state index is -0.0316. The molecule has 0 rings (SSSR count).